The predicted molar refractivity (Wildman–Crippen MR) is 137 cm³/mol. The van der Waals surface area contributed by atoms with Gasteiger partial charge >= 0.3 is 5.97 Å². The van der Waals surface area contributed by atoms with Crippen LogP contribution in [-0.4, -0.2) is 51.5 Å². The Morgan fingerprint density at radius 3 is 2.49 bits per heavy atom. The Hall–Kier alpha value is -2.98. The molecular formula is C26H25NO6S2. The van der Waals surface area contributed by atoms with Gasteiger partial charge in [0.15, 0.2) is 0 Å². The average molecular weight is 512 g/mol. The molecule has 4 rings (SSSR count). The number of aliphatic hydroxyl groups is 2. The largest absolute Gasteiger partial charge is 0.462 e. The second kappa shape index (κ2) is 11.6. The standard InChI is InChI=1S/C26H25NO6S2/c28-14-18(15-29)16-32-25(31)20-8-6-19(7-9-20)22-11-10-21(33-22)12-23-24(30)27(26(34)35-23)13-17-4-2-1-3-5-17/h1-12,18,26,28-29,34H,13-16H2/b23-12+. The van der Waals surface area contributed by atoms with Gasteiger partial charge in [0.05, 0.1) is 30.3 Å². The van der Waals surface area contributed by atoms with E-state index in [1.807, 2.05) is 30.3 Å². The lowest BCUT2D eigenvalue weighted by atomic mass is 10.1. The molecule has 1 unspecified atom stereocenters. The molecule has 1 aromatic heterocycles. The number of benzene rings is 2. The Bertz CT molecular complexity index is 1190. The smallest absolute Gasteiger partial charge is 0.338 e. The highest BCUT2D eigenvalue weighted by molar-refractivity contribution is 8.14. The fourth-order valence-corrected chi connectivity index (χ4v) is 4.87. The first kappa shape index (κ1) is 25.1. The van der Waals surface area contributed by atoms with Crippen LogP contribution in [0.5, 0.6) is 0 Å². The first-order chi connectivity index (χ1) is 17.0. The molecule has 1 aliphatic rings. The van der Waals surface area contributed by atoms with E-state index in [-0.39, 0.29) is 30.4 Å². The number of aliphatic hydroxyl groups excluding tert-OH is 2. The van der Waals surface area contributed by atoms with Crippen molar-refractivity contribution in [1.82, 2.24) is 4.90 Å². The quantitative estimate of drug-likeness (QED) is 0.227. The van der Waals surface area contributed by atoms with Crippen LogP contribution in [-0.2, 0) is 16.1 Å². The summed E-state index contributed by atoms with van der Waals surface area (Å²) in [6.07, 6.45) is 1.72. The van der Waals surface area contributed by atoms with E-state index in [4.69, 9.17) is 19.4 Å². The number of thioether (sulfide) groups is 1. The minimum Gasteiger partial charge on any atom is -0.462 e. The number of thiol groups is 1. The Morgan fingerprint density at radius 1 is 1.09 bits per heavy atom. The van der Waals surface area contributed by atoms with Crippen molar-refractivity contribution in [1.29, 1.82) is 0 Å². The van der Waals surface area contributed by atoms with Crippen LogP contribution in [0.2, 0.25) is 0 Å². The van der Waals surface area contributed by atoms with E-state index in [1.165, 1.54) is 11.8 Å². The van der Waals surface area contributed by atoms with Crippen molar-refractivity contribution in [2.24, 2.45) is 5.92 Å². The molecule has 0 spiro atoms. The highest BCUT2D eigenvalue weighted by Gasteiger charge is 2.34. The zero-order chi connectivity index (χ0) is 24.8. The summed E-state index contributed by atoms with van der Waals surface area (Å²) in [6, 6.07) is 20.1. The van der Waals surface area contributed by atoms with Crippen LogP contribution < -0.4 is 0 Å². The molecule has 7 nitrogen and oxygen atoms in total. The maximum Gasteiger partial charge on any atom is 0.338 e. The number of carbonyl (C=O) groups is 2. The topological polar surface area (TPSA) is 100 Å². The van der Waals surface area contributed by atoms with Gasteiger partial charge in [-0.3, -0.25) is 4.79 Å². The number of hydrogen-bond acceptors (Lipinski definition) is 8. The van der Waals surface area contributed by atoms with Gasteiger partial charge in [0.2, 0.25) is 0 Å². The van der Waals surface area contributed by atoms with Crippen molar-refractivity contribution in [3.05, 3.63) is 88.5 Å². The molecule has 1 saturated heterocycles. The summed E-state index contributed by atoms with van der Waals surface area (Å²) in [5, 5.41) is 18.1. The van der Waals surface area contributed by atoms with E-state index < -0.39 is 11.9 Å². The van der Waals surface area contributed by atoms with E-state index in [9.17, 15) is 9.59 Å². The summed E-state index contributed by atoms with van der Waals surface area (Å²) in [5.74, 6) is 0.00897. The minimum absolute atomic E-state index is 0.0591. The Kier molecular flexibility index (Phi) is 8.35. The van der Waals surface area contributed by atoms with Crippen molar-refractivity contribution in [2.45, 2.75) is 11.3 Å². The number of furan rings is 1. The molecule has 1 aliphatic heterocycles. The second-order valence-corrected chi connectivity index (χ2v) is 9.94. The average Bonchev–Trinajstić information content (AvgIpc) is 3.45. The summed E-state index contributed by atoms with van der Waals surface area (Å²) in [5.41, 5.74) is 2.15. The number of amides is 1. The monoisotopic (exact) mass is 511 g/mol. The second-order valence-electron chi connectivity index (χ2n) is 7.98. The zero-order valence-electron chi connectivity index (χ0n) is 18.7. The minimum atomic E-state index is -0.536. The third-order valence-corrected chi connectivity index (χ3v) is 7.04. The van der Waals surface area contributed by atoms with Crippen molar-refractivity contribution in [3.8, 4) is 11.3 Å². The van der Waals surface area contributed by atoms with Crippen molar-refractivity contribution in [3.63, 3.8) is 0 Å². The summed E-state index contributed by atoms with van der Waals surface area (Å²) in [4.78, 5) is 27.3. The molecule has 2 aromatic carbocycles. The van der Waals surface area contributed by atoms with Crippen LogP contribution in [0.4, 0.5) is 0 Å². The van der Waals surface area contributed by atoms with Crippen molar-refractivity contribution in [2.75, 3.05) is 19.8 Å². The summed E-state index contributed by atoms with van der Waals surface area (Å²) >= 11 is 5.94. The molecule has 2 N–H and O–H groups in total. The predicted octanol–water partition coefficient (Wildman–Crippen LogP) is 4.03. The van der Waals surface area contributed by atoms with Crippen LogP contribution in [0.15, 0.2) is 76.1 Å². The van der Waals surface area contributed by atoms with E-state index in [0.29, 0.717) is 28.5 Å². The third-order valence-electron chi connectivity index (χ3n) is 5.44. The first-order valence-electron chi connectivity index (χ1n) is 11.0. The maximum absolute atomic E-state index is 12.9. The summed E-state index contributed by atoms with van der Waals surface area (Å²) in [7, 11) is 0. The molecule has 182 valence electrons. The van der Waals surface area contributed by atoms with Gasteiger partial charge in [-0.15, -0.1) is 12.6 Å². The van der Waals surface area contributed by atoms with Crippen LogP contribution in [0.25, 0.3) is 17.4 Å². The molecule has 35 heavy (non-hydrogen) atoms. The SMILES string of the molecule is O=C(OCC(CO)CO)c1ccc(-c2ccc(/C=C3/SC(S)N(Cc4ccccc4)C3=O)o2)cc1. The number of rotatable bonds is 9. The number of ether oxygens (including phenoxy) is 1. The van der Waals surface area contributed by atoms with Crippen LogP contribution in [0.1, 0.15) is 21.7 Å². The highest BCUT2D eigenvalue weighted by Crippen LogP contribution is 2.39. The van der Waals surface area contributed by atoms with E-state index in [2.05, 4.69) is 12.6 Å². The fraction of sp³-hybridized carbons (Fsp3) is 0.231. The lowest BCUT2D eigenvalue weighted by Crippen LogP contribution is -2.28. The molecule has 1 atom stereocenters. The van der Waals surface area contributed by atoms with E-state index >= 15 is 0 Å². The fourth-order valence-electron chi connectivity index (χ4n) is 3.42. The number of hydrogen-bond donors (Lipinski definition) is 3. The van der Waals surface area contributed by atoms with Gasteiger partial charge in [-0.25, -0.2) is 4.79 Å². The normalized spacial score (nSPS) is 16.9. The van der Waals surface area contributed by atoms with Gasteiger partial charge in [-0.2, -0.15) is 0 Å². The van der Waals surface area contributed by atoms with Gasteiger partial charge < -0.3 is 24.3 Å². The molecule has 2 heterocycles. The van der Waals surface area contributed by atoms with E-state index in [0.717, 1.165) is 11.1 Å². The molecule has 0 aliphatic carbocycles. The van der Waals surface area contributed by atoms with Gasteiger partial charge in [-0.1, -0.05) is 54.2 Å². The molecule has 9 heteroatoms. The van der Waals surface area contributed by atoms with Crippen LogP contribution in [0, 0.1) is 5.92 Å². The van der Waals surface area contributed by atoms with Crippen molar-refractivity contribution >= 4 is 42.3 Å². The van der Waals surface area contributed by atoms with Crippen LogP contribution >= 0.6 is 24.4 Å². The molecule has 1 fully saturated rings. The first-order valence-corrected chi connectivity index (χ1v) is 12.4. The molecule has 0 radical (unpaired) electrons. The molecule has 0 saturated carbocycles. The number of nitrogens with zero attached hydrogens (tertiary/aromatic N) is 1. The van der Waals surface area contributed by atoms with Gasteiger partial charge in [0.25, 0.3) is 5.91 Å². The van der Waals surface area contributed by atoms with Crippen molar-refractivity contribution < 1.29 is 29.0 Å². The van der Waals surface area contributed by atoms with Gasteiger partial charge in [-0.05, 0) is 29.8 Å². The molecular weight excluding hydrogens is 486 g/mol. The highest BCUT2D eigenvalue weighted by atomic mass is 32.2. The lowest BCUT2D eigenvalue weighted by molar-refractivity contribution is -0.125. The third kappa shape index (κ3) is 6.18. The Labute approximate surface area is 212 Å². The zero-order valence-corrected chi connectivity index (χ0v) is 20.5. The Morgan fingerprint density at radius 2 is 1.80 bits per heavy atom. The number of carbonyl (C=O) groups excluding carboxylic acids is 2. The lowest BCUT2D eigenvalue weighted by Gasteiger charge is -2.19. The summed E-state index contributed by atoms with van der Waals surface area (Å²) < 4.78 is 10.8. The molecule has 0 bridgehead atoms. The maximum atomic E-state index is 12.9. The van der Waals surface area contributed by atoms with Crippen LogP contribution in [0.3, 0.4) is 0 Å². The molecule has 3 aromatic rings. The van der Waals surface area contributed by atoms with Gasteiger partial charge in [0.1, 0.15) is 16.2 Å². The number of esters is 1. The molecule has 1 amide bonds. The summed E-state index contributed by atoms with van der Waals surface area (Å²) in [6.45, 7) is -0.0967. The van der Waals surface area contributed by atoms with Gasteiger partial charge in [0, 0.05) is 24.1 Å². The Balaban J connectivity index is 1.41. The van der Waals surface area contributed by atoms with E-state index in [1.54, 1.807) is 47.4 Å².